The zero-order valence-corrected chi connectivity index (χ0v) is 20.4. The largest absolute Gasteiger partial charge is 0.507 e. The quantitative estimate of drug-likeness (QED) is 0.319. The average Bonchev–Trinajstić information content (AvgIpc) is 3.22. The number of hydrogen-bond acceptors (Lipinski definition) is 6. The first-order valence-corrected chi connectivity index (χ1v) is 12.4. The lowest BCUT2D eigenvalue weighted by molar-refractivity contribution is 0.198. The van der Waals surface area contributed by atoms with Crippen LogP contribution in [0.3, 0.4) is 0 Å². The van der Waals surface area contributed by atoms with Gasteiger partial charge in [0, 0.05) is 41.4 Å². The smallest absolute Gasteiger partial charge is 0.191 e. The van der Waals surface area contributed by atoms with E-state index in [4.69, 9.17) is 16.3 Å². The Balaban J connectivity index is 1.39. The molecule has 33 heavy (non-hydrogen) atoms. The maximum atomic E-state index is 10.3. The van der Waals surface area contributed by atoms with Gasteiger partial charge in [0.05, 0.1) is 7.11 Å². The first kappa shape index (κ1) is 23.7. The molecular formula is C25H29ClN4O2S. The Morgan fingerprint density at radius 1 is 1.21 bits per heavy atom. The molecule has 0 unspecified atom stereocenters. The van der Waals surface area contributed by atoms with Crippen LogP contribution < -0.4 is 4.74 Å². The SMILES string of the molecule is C=CCn1c(SCc2cccc(Cl)c2)nnc1C1CCN(Cc2ccc(OC)cc2O)CC1. The van der Waals surface area contributed by atoms with Crippen molar-refractivity contribution >= 4 is 23.4 Å². The number of phenols is 1. The Labute approximate surface area is 204 Å². The van der Waals surface area contributed by atoms with Crippen molar-refractivity contribution in [3.63, 3.8) is 0 Å². The van der Waals surface area contributed by atoms with Crippen LogP contribution in [0, 0.1) is 0 Å². The van der Waals surface area contributed by atoms with Crippen molar-refractivity contribution in [3.8, 4) is 11.5 Å². The van der Waals surface area contributed by atoms with Crippen molar-refractivity contribution in [2.24, 2.45) is 0 Å². The predicted octanol–water partition coefficient (Wildman–Crippen LogP) is 5.50. The first-order valence-electron chi connectivity index (χ1n) is 11.1. The fourth-order valence-corrected chi connectivity index (χ4v) is 5.29. The van der Waals surface area contributed by atoms with E-state index in [0.29, 0.717) is 18.2 Å². The van der Waals surface area contributed by atoms with Crippen molar-refractivity contribution in [1.29, 1.82) is 0 Å². The molecule has 1 aliphatic heterocycles. The second-order valence-electron chi connectivity index (χ2n) is 8.20. The molecule has 6 nitrogen and oxygen atoms in total. The highest BCUT2D eigenvalue weighted by molar-refractivity contribution is 7.98. The number of phenolic OH excluding ortho intramolecular Hbond substituents is 1. The lowest BCUT2D eigenvalue weighted by atomic mass is 9.95. The number of thioether (sulfide) groups is 1. The molecule has 0 bridgehead atoms. The number of ether oxygens (including phenoxy) is 1. The average molecular weight is 485 g/mol. The fourth-order valence-electron chi connectivity index (χ4n) is 4.18. The number of methoxy groups -OCH3 is 1. The van der Waals surface area contributed by atoms with Crippen LogP contribution in [0.1, 0.15) is 35.7 Å². The summed E-state index contributed by atoms with van der Waals surface area (Å²) in [4.78, 5) is 2.38. The summed E-state index contributed by atoms with van der Waals surface area (Å²) in [5.41, 5.74) is 2.08. The van der Waals surface area contributed by atoms with Crippen molar-refractivity contribution in [2.45, 2.75) is 42.8 Å². The molecule has 0 spiro atoms. The molecule has 1 saturated heterocycles. The van der Waals surface area contributed by atoms with E-state index in [9.17, 15) is 5.11 Å². The molecular weight excluding hydrogens is 456 g/mol. The van der Waals surface area contributed by atoms with Crippen LogP contribution in [-0.2, 0) is 18.8 Å². The highest BCUT2D eigenvalue weighted by Gasteiger charge is 2.26. The van der Waals surface area contributed by atoms with Gasteiger partial charge >= 0.3 is 0 Å². The lowest BCUT2D eigenvalue weighted by Gasteiger charge is -2.31. The van der Waals surface area contributed by atoms with Gasteiger partial charge in [-0.15, -0.1) is 16.8 Å². The summed E-state index contributed by atoms with van der Waals surface area (Å²) in [6.45, 7) is 7.24. The summed E-state index contributed by atoms with van der Waals surface area (Å²) in [6.07, 6.45) is 3.91. The Kier molecular flexibility index (Phi) is 7.96. The maximum absolute atomic E-state index is 10.3. The number of halogens is 1. The van der Waals surface area contributed by atoms with Crippen molar-refractivity contribution in [1.82, 2.24) is 19.7 Å². The minimum Gasteiger partial charge on any atom is -0.507 e. The summed E-state index contributed by atoms with van der Waals surface area (Å²) in [5, 5.41) is 21.0. The van der Waals surface area contributed by atoms with Gasteiger partial charge < -0.3 is 14.4 Å². The van der Waals surface area contributed by atoms with E-state index in [1.165, 1.54) is 0 Å². The molecule has 3 aromatic rings. The van der Waals surface area contributed by atoms with Gasteiger partial charge in [-0.25, -0.2) is 0 Å². The number of nitrogens with zero attached hydrogens (tertiary/aromatic N) is 4. The molecule has 0 atom stereocenters. The summed E-state index contributed by atoms with van der Waals surface area (Å²) < 4.78 is 7.37. The third-order valence-electron chi connectivity index (χ3n) is 5.95. The minimum absolute atomic E-state index is 0.281. The summed E-state index contributed by atoms with van der Waals surface area (Å²) in [7, 11) is 1.60. The van der Waals surface area contributed by atoms with Crippen LogP contribution >= 0.6 is 23.4 Å². The van der Waals surface area contributed by atoms with Gasteiger partial charge in [-0.3, -0.25) is 4.90 Å². The number of aromatic hydroxyl groups is 1. The van der Waals surface area contributed by atoms with E-state index in [2.05, 4.69) is 32.3 Å². The highest BCUT2D eigenvalue weighted by atomic mass is 35.5. The Morgan fingerprint density at radius 3 is 2.73 bits per heavy atom. The number of aromatic nitrogens is 3. The summed E-state index contributed by atoms with van der Waals surface area (Å²) >= 11 is 7.79. The van der Waals surface area contributed by atoms with Crippen LogP contribution in [0.15, 0.2) is 60.3 Å². The van der Waals surface area contributed by atoms with Gasteiger partial charge in [-0.2, -0.15) is 0 Å². The number of allylic oxidation sites excluding steroid dienone is 1. The van der Waals surface area contributed by atoms with Gasteiger partial charge in [-0.05, 0) is 49.7 Å². The van der Waals surface area contributed by atoms with Crippen molar-refractivity contribution < 1.29 is 9.84 Å². The molecule has 4 rings (SSSR count). The molecule has 2 heterocycles. The van der Waals surface area contributed by atoms with Crippen molar-refractivity contribution in [2.75, 3.05) is 20.2 Å². The molecule has 2 aromatic carbocycles. The topological polar surface area (TPSA) is 63.4 Å². The number of benzene rings is 2. The molecule has 1 aromatic heterocycles. The van der Waals surface area contributed by atoms with E-state index in [1.807, 2.05) is 36.4 Å². The second kappa shape index (κ2) is 11.1. The monoisotopic (exact) mass is 484 g/mol. The van der Waals surface area contributed by atoms with E-state index in [1.54, 1.807) is 24.9 Å². The van der Waals surface area contributed by atoms with Crippen LogP contribution in [0.2, 0.25) is 5.02 Å². The first-order chi connectivity index (χ1) is 16.1. The van der Waals surface area contributed by atoms with E-state index in [0.717, 1.165) is 65.4 Å². The van der Waals surface area contributed by atoms with Crippen LogP contribution in [0.5, 0.6) is 11.5 Å². The Bertz CT molecular complexity index is 1100. The van der Waals surface area contributed by atoms with E-state index >= 15 is 0 Å². The van der Waals surface area contributed by atoms with Gasteiger partial charge in [0.2, 0.25) is 0 Å². The second-order valence-corrected chi connectivity index (χ2v) is 9.58. The van der Waals surface area contributed by atoms with Gasteiger partial charge in [0.1, 0.15) is 17.3 Å². The predicted molar refractivity (Wildman–Crippen MR) is 133 cm³/mol. The fraction of sp³-hybridized carbons (Fsp3) is 0.360. The van der Waals surface area contributed by atoms with Gasteiger partial charge in [0.25, 0.3) is 0 Å². The molecule has 174 valence electrons. The number of hydrogen-bond donors (Lipinski definition) is 1. The third kappa shape index (κ3) is 5.91. The molecule has 0 amide bonds. The zero-order valence-electron chi connectivity index (χ0n) is 18.8. The number of rotatable bonds is 9. The molecule has 1 fully saturated rings. The van der Waals surface area contributed by atoms with Crippen LogP contribution in [0.25, 0.3) is 0 Å². The van der Waals surface area contributed by atoms with Crippen molar-refractivity contribution in [3.05, 3.63) is 77.1 Å². The van der Waals surface area contributed by atoms with Gasteiger partial charge in [0.15, 0.2) is 5.16 Å². The zero-order chi connectivity index (χ0) is 23.2. The van der Waals surface area contributed by atoms with Gasteiger partial charge in [-0.1, -0.05) is 47.6 Å². The molecule has 0 radical (unpaired) electrons. The van der Waals surface area contributed by atoms with E-state index < -0.39 is 0 Å². The highest BCUT2D eigenvalue weighted by Crippen LogP contribution is 2.32. The molecule has 0 saturated carbocycles. The standard InChI is InChI=1S/C25H29ClN4O2S/c1-3-11-30-24(27-28-25(30)33-17-18-5-4-6-21(26)14-18)19-9-12-29(13-10-19)16-20-7-8-22(32-2)15-23(20)31/h3-8,14-15,19,31H,1,9-13,16-17H2,2H3. The number of piperidine rings is 1. The summed E-state index contributed by atoms with van der Waals surface area (Å²) in [6, 6.07) is 13.4. The maximum Gasteiger partial charge on any atom is 0.191 e. The normalized spacial score (nSPS) is 15.0. The molecule has 0 aliphatic carbocycles. The summed E-state index contributed by atoms with van der Waals surface area (Å²) in [5.74, 6) is 3.14. The Morgan fingerprint density at radius 2 is 2.03 bits per heavy atom. The minimum atomic E-state index is 0.281. The van der Waals surface area contributed by atoms with E-state index in [-0.39, 0.29) is 5.75 Å². The molecule has 8 heteroatoms. The van der Waals surface area contributed by atoms with Crippen LogP contribution in [-0.4, -0.2) is 45.0 Å². The Hall–Kier alpha value is -2.48. The molecule has 1 aliphatic rings. The third-order valence-corrected chi connectivity index (χ3v) is 7.23. The van der Waals surface area contributed by atoms with Crippen LogP contribution in [0.4, 0.5) is 0 Å². The molecule has 1 N–H and O–H groups in total. The lowest BCUT2D eigenvalue weighted by Crippen LogP contribution is -2.33. The number of likely N-dealkylation sites (tertiary alicyclic amines) is 1.